The number of hydrogen-bond donors (Lipinski definition) is 1. The minimum Gasteiger partial charge on any atom is -0.370 e. The Morgan fingerprint density at radius 1 is 1.31 bits per heavy atom. The van der Waals surface area contributed by atoms with Gasteiger partial charge < -0.3 is 10.6 Å². The molecule has 0 saturated heterocycles. The zero-order valence-electron chi connectivity index (χ0n) is 10.4. The Labute approximate surface area is 98.0 Å². The molecule has 88 valence electrons. The number of nitrogens with two attached hydrogens (primary N) is 1. The third kappa shape index (κ3) is 4.34. The normalized spacial score (nSPS) is 11.9. The number of likely N-dealkylation sites (N-methyl/N-ethyl adjacent to an activating group) is 1. The highest BCUT2D eigenvalue weighted by Crippen LogP contribution is 2.00. The van der Waals surface area contributed by atoms with Gasteiger partial charge in [-0.05, 0) is 25.8 Å². The van der Waals surface area contributed by atoms with Crippen LogP contribution in [0.5, 0.6) is 0 Å². The Morgan fingerprint density at radius 2 is 1.94 bits per heavy atom. The van der Waals surface area contributed by atoms with Gasteiger partial charge in [0.15, 0.2) is 5.96 Å². The summed E-state index contributed by atoms with van der Waals surface area (Å²) in [6, 6.07) is 10.6. The fourth-order valence-electron chi connectivity index (χ4n) is 1.42. The molecular weight excluding hydrogens is 198 g/mol. The molecule has 0 bridgehead atoms. The van der Waals surface area contributed by atoms with E-state index in [-0.39, 0.29) is 6.04 Å². The summed E-state index contributed by atoms with van der Waals surface area (Å²) in [5.74, 6) is 0.617. The van der Waals surface area contributed by atoms with E-state index in [9.17, 15) is 0 Å². The molecule has 0 amide bonds. The molecule has 1 rings (SSSR count). The molecule has 0 aliphatic heterocycles. The molecular formula is C13H21N3. The SMILES string of the molecule is CC(C)N=C(N)N(C)CCc1ccccc1. The maximum absolute atomic E-state index is 5.86. The van der Waals surface area contributed by atoms with Crippen molar-refractivity contribution >= 4 is 5.96 Å². The van der Waals surface area contributed by atoms with Crippen LogP contribution in [-0.4, -0.2) is 30.5 Å². The van der Waals surface area contributed by atoms with Gasteiger partial charge in [-0.25, -0.2) is 0 Å². The molecule has 0 fully saturated rings. The predicted octanol–water partition coefficient (Wildman–Crippen LogP) is 1.88. The van der Waals surface area contributed by atoms with Gasteiger partial charge in [0, 0.05) is 19.6 Å². The Kier molecular flexibility index (Phi) is 4.83. The first-order chi connectivity index (χ1) is 7.59. The predicted molar refractivity (Wildman–Crippen MR) is 69.5 cm³/mol. The van der Waals surface area contributed by atoms with Gasteiger partial charge in [-0.1, -0.05) is 30.3 Å². The smallest absolute Gasteiger partial charge is 0.191 e. The van der Waals surface area contributed by atoms with Gasteiger partial charge >= 0.3 is 0 Å². The molecule has 0 aliphatic carbocycles. The van der Waals surface area contributed by atoms with E-state index >= 15 is 0 Å². The van der Waals surface area contributed by atoms with Crippen LogP contribution in [0.4, 0.5) is 0 Å². The van der Waals surface area contributed by atoms with Crippen molar-refractivity contribution in [1.82, 2.24) is 4.90 Å². The summed E-state index contributed by atoms with van der Waals surface area (Å²) in [4.78, 5) is 6.30. The lowest BCUT2D eigenvalue weighted by Gasteiger charge is -2.18. The first kappa shape index (κ1) is 12.6. The van der Waals surface area contributed by atoms with Crippen LogP contribution < -0.4 is 5.73 Å². The molecule has 16 heavy (non-hydrogen) atoms. The third-order valence-electron chi connectivity index (χ3n) is 2.36. The second-order valence-electron chi connectivity index (χ2n) is 4.24. The van der Waals surface area contributed by atoms with Crippen molar-refractivity contribution in [2.45, 2.75) is 26.3 Å². The van der Waals surface area contributed by atoms with Crippen molar-refractivity contribution in [3.8, 4) is 0 Å². The minimum absolute atomic E-state index is 0.249. The monoisotopic (exact) mass is 219 g/mol. The lowest BCUT2D eigenvalue weighted by Crippen LogP contribution is -2.36. The van der Waals surface area contributed by atoms with Crippen molar-refractivity contribution in [3.05, 3.63) is 35.9 Å². The lowest BCUT2D eigenvalue weighted by molar-refractivity contribution is 0.497. The van der Waals surface area contributed by atoms with Crippen molar-refractivity contribution in [3.63, 3.8) is 0 Å². The summed E-state index contributed by atoms with van der Waals surface area (Å²) in [6.45, 7) is 4.95. The minimum atomic E-state index is 0.249. The zero-order chi connectivity index (χ0) is 12.0. The molecule has 0 heterocycles. The van der Waals surface area contributed by atoms with Crippen molar-refractivity contribution in [2.75, 3.05) is 13.6 Å². The van der Waals surface area contributed by atoms with Crippen molar-refractivity contribution in [2.24, 2.45) is 10.7 Å². The standard InChI is InChI=1S/C13H21N3/c1-11(2)15-13(14)16(3)10-9-12-7-5-4-6-8-12/h4-8,11H,9-10H2,1-3H3,(H2,14,15). The van der Waals surface area contributed by atoms with Gasteiger partial charge in [-0.2, -0.15) is 0 Å². The van der Waals surface area contributed by atoms with Crippen LogP contribution in [0.15, 0.2) is 35.3 Å². The van der Waals surface area contributed by atoms with Gasteiger partial charge in [-0.3, -0.25) is 4.99 Å². The second-order valence-corrected chi connectivity index (χ2v) is 4.24. The molecule has 0 unspecified atom stereocenters. The topological polar surface area (TPSA) is 41.6 Å². The maximum atomic E-state index is 5.86. The lowest BCUT2D eigenvalue weighted by atomic mass is 10.1. The van der Waals surface area contributed by atoms with Crippen LogP contribution >= 0.6 is 0 Å². The average Bonchev–Trinajstić information content (AvgIpc) is 2.26. The molecule has 0 spiro atoms. The van der Waals surface area contributed by atoms with E-state index in [1.165, 1.54) is 5.56 Å². The number of nitrogens with zero attached hydrogens (tertiary/aromatic N) is 2. The Bertz CT molecular complexity index is 330. The molecule has 3 nitrogen and oxygen atoms in total. The van der Waals surface area contributed by atoms with Crippen LogP contribution in [0.3, 0.4) is 0 Å². The first-order valence-electron chi connectivity index (χ1n) is 5.68. The van der Waals surface area contributed by atoms with Gasteiger partial charge in [0.25, 0.3) is 0 Å². The van der Waals surface area contributed by atoms with Crippen molar-refractivity contribution < 1.29 is 0 Å². The summed E-state index contributed by atoms with van der Waals surface area (Å²) in [7, 11) is 1.98. The van der Waals surface area contributed by atoms with Crippen LogP contribution in [0.25, 0.3) is 0 Å². The highest BCUT2D eigenvalue weighted by atomic mass is 15.2. The fourth-order valence-corrected chi connectivity index (χ4v) is 1.42. The zero-order valence-corrected chi connectivity index (χ0v) is 10.4. The summed E-state index contributed by atoms with van der Waals surface area (Å²) in [5, 5.41) is 0. The summed E-state index contributed by atoms with van der Waals surface area (Å²) >= 11 is 0. The fraction of sp³-hybridized carbons (Fsp3) is 0.462. The van der Waals surface area contributed by atoms with Crippen LogP contribution in [0.1, 0.15) is 19.4 Å². The molecule has 3 heteroatoms. The molecule has 0 radical (unpaired) electrons. The van der Waals surface area contributed by atoms with Crippen LogP contribution in [-0.2, 0) is 6.42 Å². The average molecular weight is 219 g/mol. The quantitative estimate of drug-likeness (QED) is 0.620. The molecule has 2 N–H and O–H groups in total. The first-order valence-corrected chi connectivity index (χ1v) is 5.68. The Hall–Kier alpha value is -1.51. The van der Waals surface area contributed by atoms with Crippen LogP contribution in [0, 0.1) is 0 Å². The van der Waals surface area contributed by atoms with E-state index < -0.39 is 0 Å². The molecule has 0 aliphatic rings. The molecule has 1 aromatic rings. The number of aliphatic imine (C=N–C) groups is 1. The number of hydrogen-bond acceptors (Lipinski definition) is 1. The Morgan fingerprint density at radius 3 is 2.50 bits per heavy atom. The second kappa shape index (κ2) is 6.16. The molecule has 0 saturated carbocycles. The number of benzene rings is 1. The molecule has 0 atom stereocenters. The van der Waals surface area contributed by atoms with Gasteiger partial charge in [0.2, 0.25) is 0 Å². The number of rotatable bonds is 4. The Balaban J connectivity index is 2.44. The van der Waals surface area contributed by atoms with E-state index in [0.29, 0.717) is 5.96 Å². The van der Waals surface area contributed by atoms with Crippen LogP contribution in [0.2, 0.25) is 0 Å². The maximum Gasteiger partial charge on any atom is 0.191 e. The molecule has 0 aromatic heterocycles. The van der Waals surface area contributed by atoms with E-state index in [0.717, 1.165) is 13.0 Å². The van der Waals surface area contributed by atoms with E-state index in [1.807, 2.05) is 31.9 Å². The number of guanidine groups is 1. The van der Waals surface area contributed by atoms with E-state index in [2.05, 4.69) is 29.3 Å². The van der Waals surface area contributed by atoms with Gasteiger partial charge in [-0.15, -0.1) is 0 Å². The van der Waals surface area contributed by atoms with Gasteiger partial charge in [0.05, 0.1) is 0 Å². The highest BCUT2D eigenvalue weighted by Gasteiger charge is 2.02. The third-order valence-corrected chi connectivity index (χ3v) is 2.36. The summed E-state index contributed by atoms with van der Waals surface area (Å²) in [5.41, 5.74) is 7.18. The summed E-state index contributed by atoms with van der Waals surface area (Å²) < 4.78 is 0. The van der Waals surface area contributed by atoms with E-state index in [1.54, 1.807) is 0 Å². The largest absolute Gasteiger partial charge is 0.370 e. The van der Waals surface area contributed by atoms with E-state index in [4.69, 9.17) is 5.73 Å². The highest BCUT2D eigenvalue weighted by molar-refractivity contribution is 5.77. The molecule has 1 aromatic carbocycles. The van der Waals surface area contributed by atoms with Crippen molar-refractivity contribution in [1.29, 1.82) is 0 Å². The van der Waals surface area contributed by atoms with Gasteiger partial charge in [0.1, 0.15) is 0 Å². The summed E-state index contributed by atoms with van der Waals surface area (Å²) in [6.07, 6.45) is 0.992.